The van der Waals surface area contributed by atoms with E-state index in [1.54, 1.807) is 19.9 Å². The molecule has 1 aromatic rings. The van der Waals surface area contributed by atoms with Crippen molar-refractivity contribution in [2.24, 2.45) is 0 Å². The van der Waals surface area contributed by atoms with Crippen LogP contribution in [0.2, 0.25) is 0 Å². The predicted octanol–water partition coefficient (Wildman–Crippen LogP) is 3.53. The van der Waals surface area contributed by atoms with Crippen LogP contribution in [0, 0.1) is 0 Å². The van der Waals surface area contributed by atoms with Crippen molar-refractivity contribution in [3.8, 4) is 0 Å². The zero-order valence-electron chi connectivity index (χ0n) is 15.5. The van der Waals surface area contributed by atoms with Crippen LogP contribution in [0.1, 0.15) is 51.7 Å². The molecule has 0 atom stereocenters. The summed E-state index contributed by atoms with van der Waals surface area (Å²) in [5, 5.41) is 0. The lowest BCUT2D eigenvalue weighted by molar-refractivity contribution is -0.222. The Balaban J connectivity index is 2.28. The second kappa shape index (κ2) is 8.30. The summed E-state index contributed by atoms with van der Waals surface area (Å²) in [6.45, 7) is 10.2. The molecule has 0 bridgehead atoms. The Morgan fingerprint density at radius 3 is 2.12 bits per heavy atom. The van der Waals surface area contributed by atoms with Gasteiger partial charge in [0.25, 0.3) is 5.79 Å². The summed E-state index contributed by atoms with van der Waals surface area (Å²) >= 11 is 0. The lowest BCUT2D eigenvalue weighted by Gasteiger charge is -2.30. The molecule has 1 aromatic carbocycles. The Hall–Kier alpha value is -2.14. The maximum absolute atomic E-state index is 12.2. The molecule has 1 heterocycles. The van der Waals surface area contributed by atoms with Gasteiger partial charge in [-0.05, 0) is 43.1 Å². The van der Waals surface area contributed by atoms with E-state index in [0.29, 0.717) is 0 Å². The van der Waals surface area contributed by atoms with Crippen molar-refractivity contribution in [1.29, 1.82) is 0 Å². The van der Waals surface area contributed by atoms with Crippen molar-refractivity contribution in [2.45, 2.75) is 52.9 Å². The van der Waals surface area contributed by atoms with Gasteiger partial charge in [-0.3, -0.25) is 4.90 Å². The van der Waals surface area contributed by atoms with Gasteiger partial charge >= 0.3 is 11.9 Å². The number of hydrogen-bond donors (Lipinski definition) is 0. The van der Waals surface area contributed by atoms with Crippen molar-refractivity contribution in [3.63, 3.8) is 0 Å². The molecule has 0 aliphatic carbocycles. The minimum absolute atomic E-state index is 0.0655. The van der Waals surface area contributed by atoms with Crippen LogP contribution in [0.3, 0.4) is 0 Å². The van der Waals surface area contributed by atoms with Crippen LogP contribution in [0.4, 0.5) is 0 Å². The molecule has 0 amide bonds. The lowest BCUT2D eigenvalue weighted by atomic mass is 10.0. The lowest BCUT2D eigenvalue weighted by Crippen LogP contribution is -2.41. The summed E-state index contributed by atoms with van der Waals surface area (Å²) in [4.78, 5) is 26.7. The van der Waals surface area contributed by atoms with Gasteiger partial charge in [0, 0.05) is 20.4 Å². The third-order valence-corrected chi connectivity index (χ3v) is 3.95. The number of hydrogen-bond acceptors (Lipinski definition) is 5. The molecular formula is C20H27NO4. The first-order valence-electron chi connectivity index (χ1n) is 8.85. The summed E-state index contributed by atoms with van der Waals surface area (Å²) in [7, 11) is 0. The average Bonchev–Trinajstić information content (AvgIpc) is 2.52. The van der Waals surface area contributed by atoms with Crippen molar-refractivity contribution >= 4 is 18.0 Å². The fraction of sp³-hybridized carbons (Fsp3) is 0.500. The van der Waals surface area contributed by atoms with Gasteiger partial charge in [0.2, 0.25) is 0 Å². The summed E-state index contributed by atoms with van der Waals surface area (Å²) < 4.78 is 10.3. The minimum atomic E-state index is -1.22. The van der Waals surface area contributed by atoms with Crippen LogP contribution in [0.5, 0.6) is 0 Å². The van der Waals surface area contributed by atoms with Gasteiger partial charge in [0.1, 0.15) is 5.57 Å². The topological polar surface area (TPSA) is 55.8 Å². The second-order valence-corrected chi connectivity index (χ2v) is 6.71. The molecule has 1 aliphatic heterocycles. The van der Waals surface area contributed by atoms with Crippen molar-refractivity contribution in [1.82, 2.24) is 4.90 Å². The first kappa shape index (κ1) is 19.2. The van der Waals surface area contributed by atoms with Crippen LogP contribution >= 0.6 is 0 Å². The third-order valence-electron chi connectivity index (χ3n) is 3.95. The molecule has 0 spiro atoms. The molecule has 0 radical (unpaired) electrons. The maximum atomic E-state index is 12.2. The molecule has 0 N–H and O–H groups in total. The molecule has 2 rings (SSSR count). The van der Waals surface area contributed by atoms with E-state index in [2.05, 4.69) is 18.7 Å². The number of esters is 2. The number of rotatable bonds is 7. The molecule has 25 heavy (non-hydrogen) atoms. The van der Waals surface area contributed by atoms with Gasteiger partial charge in [-0.25, -0.2) is 9.59 Å². The molecule has 5 heteroatoms. The highest BCUT2D eigenvalue weighted by molar-refractivity contribution is 6.18. The Morgan fingerprint density at radius 2 is 1.56 bits per heavy atom. The predicted molar refractivity (Wildman–Crippen MR) is 96.5 cm³/mol. The number of cyclic esters (lactones) is 2. The van der Waals surface area contributed by atoms with Gasteiger partial charge in [0.15, 0.2) is 0 Å². The molecule has 1 aliphatic rings. The molecule has 0 aromatic heterocycles. The largest absolute Gasteiger partial charge is 0.419 e. The standard InChI is InChI=1S/C20H27NO4/c1-5-11-21(12-6-2)14-16-10-8-7-9-15(16)13-17-18(22)24-20(3,4)25-19(17)23/h7-10,13H,5-6,11-12,14H2,1-4H3. The van der Waals surface area contributed by atoms with Crippen LogP contribution in [-0.4, -0.2) is 35.7 Å². The SMILES string of the molecule is CCCN(CCC)Cc1ccccc1C=C1C(=O)OC(C)(C)OC1=O. The van der Waals surface area contributed by atoms with Crippen LogP contribution < -0.4 is 0 Å². The normalized spacial score (nSPS) is 16.6. The summed E-state index contributed by atoms with van der Waals surface area (Å²) in [6.07, 6.45) is 3.74. The molecule has 5 nitrogen and oxygen atoms in total. The molecular weight excluding hydrogens is 318 g/mol. The van der Waals surface area contributed by atoms with Gasteiger partial charge in [-0.1, -0.05) is 38.1 Å². The van der Waals surface area contributed by atoms with Crippen molar-refractivity contribution in [3.05, 3.63) is 41.0 Å². The van der Waals surface area contributed by atoms with Crippen LogP contribution in [0.25, 0.3) is 6.08 Å². The summed E-state index contributed by atoms with van der Waals surface area (Å²) in [6, 6.07) is 7.78. The smallest absolute Gasteiger partial charge is 0.348 e. The number of ether oxygens (including phenoxy) is 2. The first-order valence-corrected chi connectivity index (χ1v) is 8.85. The Morgan fingerprint density at radius 1 is 1.00 bits per heavy atom. The summed E-state index contributed by atoms with van der Waals surface area (Å²) in [5.74, 6) is -2.51. The van der Waals surface area contributed by atoms with Crippen LogP contribution in [-0.2, 0) is 25.6 Å². The van der Waals surface area contributed by atoms with Crippen LogP contribution in [0.15, 0.2) is 29.8 Å². The average molecular weight is 345 g/mol. The fourth-order valence-corrected chi connectivity index (χ4v) is 2.90. The highest BCUT2D eigenvalue weighted by Crippen LogP contribution is 2.25. The Kier molecular flexibility index (Phi) is 6.37. The van der Waals surface area contributed by atoms with Gasteiger partial charge in [-0.15, -0.1) is 0 Å². The highest BCUT2D eigenvalue weighted by atomic mass is 16.7. The first-order chi connectivity index (χ1) is 11.9. The van der Waals surface area contributed by atoms with E-state index in [9.17, 15) is 9.59 Å². The second-order valence-electron chi connectivity index (χ2n) is 6.71. The number of carbonyl (C=O) groups excluding carboxylic acids is 2. The van der Waals surface area contributed by atoms with Crippen molar-refractivity contribution < 1.29 is 19.1 Å². The molecule has 1 fully saturated rings. The highest BCUT2D eigenvalue weighted by Gasteiger charge is 2.38. The van der Waals surface area contributed by atoms with E-state index < -0.39 is 17.7 Å². The number of nitrogens with zero attached hydrogens (tertiary/aromatic N) is 1. The minimum Gasteiger partial charge on any atom is -0.419 e. The molecule has 1 saturated heterocycles. The molecule has 0 saturated carbocycles. The maximum Gasteiger partial charge on any atom is 0.348 e. The van der Waals surface area contributed by atoms with E-state index in [4.69, 9.17) is 9.47 Å². The Bertz CT molecular complexity index is 635. The van der Waals surface area contributed by atoms with E-state index in [1.165, 1.54) is 0 Å². The number of benzene rings is 1. The zero-order chi connectivity index (χ0) is 18.4. The van der Waals surface area contributed by atoms with E-state index in [0.717, 1.165) is 43.6 Å². The van der Waals surface area contributed by atoms with Crippen molar-refractivity contribution in [2.75, 3.05) is 13.1 Å². The monoisotopic (exact) mass is 345 g/mol. The molecule has 0 unspecified atom stereocenters. The van der Waals surface area contributed by atoms with E-state index in [1.807, 2.05) is 24.3 Å². The van der Waals surface area contributed by atoms with Gasteiger partial charge in [0.05, 0.1) is 0 Å². The third kappa shape index (κ3) is 5.16. The van der Waals surface area contributed by atoms with Gasteiger partial charge < -0.3 is 9.47 Å². The number of carbonyl (C=O) groups is 2. The van der Waals surface area contributed by atoms with E-state index >= 15 is 0 Å². The zero-order valence-corrected chi connectivity index (χ0v) is 15.5. The Labute approximate surface area is 149 Å². The summed E-state index contributed by atoms with van der Waals surface area (Å²) in [5.41, 5.74) is 1.84. The van der Waals surface area contributed by atoms with Gasteiger partial charge in [-0.2, -0.15) is 0 Å². The fourth-order valence-electron chi connectivity index (χ4n) is 2.90. The van der Waals surface area contributed by atoms with E-state index in [-0.39, 0.29) is 5.57 Å². The quantitative estimate of drug-likeness (QED) is 0.430. The molecule has 136 valence electrons.